The summed E-state index contributed by atoms with van der Waals surface area (Å²) < 4.78 is 0. The first-order chi connectivity index (χ1) is 7.00. The molecule has 1 saturated heterocycles. The van der Waals surface area contributed by atoms with Crippen molar-refractivity contribution in [2.75, 3.05) is 6.54 Å². The second-order valence-electron chi connectivity index (χ2n) is 2.95. The maximum absolute atomic E-state index is 11.0. The Morgan fingerprint density at radius 3 is 2.33 bits per heavy atom. The molecular formula is C8H10N2O5. The predicted molar refractivity (Wildman–Crippen MR) is 45.9 cm³/mol. The summed E-state index contributed by atoms with van der Waals surface area (Å²) in [5.41, 5.74) is 0. The number of nitrogens with one attached hydrogen (secondary N) is 1. The van der Waals surface area contributed by atoms with Gasteiger partial charge in [0.2, 0.25) is 5.91 Å². The molecule has 1 aliphatic rings. The Labute approximate surface area is 85.3 Å². The topological polar surface area (TPSA) is 92.8 Å². The van der Waals surface area contributed by atoms with Crippen molar-refractivity contribution < 1.29 is 24.0 Å². The van der Waals surface area contributed by atoms with Crippen LogP contribution >= 0.6 is 0 Å². The summed E-state index contributed by atoms with van der Waals surface area (Å²) in [5, 5.41) is 2.62. The van der Waals surface area contributed by atoms with E-state index in [4.69, 9.17) is 0 Å². The molecule has 0 bridgehead atoms. The third-order valence-corrected chi connectivity index (χ3v) is 1.68. The lowest BCUT2D eigenvalue weighted by molar-refractivity contribution is -0.196. The van der Waals surface area contributed by atoms with Crippen molar-refractivity contribution in [1.29, 1.82) is 0 Å². The minimum atomic E-state index is -0.853. The molecule has 7 nitrogen and oxygen atoms in total. The molecular weight excluding hydrogens is 204 g/mol. The van der Waals surface area contributed by atoms with Gasteiger partial charge in [-0.15, -0.1) is 5.06 Å². The van der Waals surface area contributed by atoms with Crippen LogP contribution in [0.2, 0.25) is 0 Å². The summed E-state index contributed by atoms with van der Waals surface area (Å²) in [4.78, 5) is 47.9. The van der Waals surface area contributed by atoms with Gasteiger partial charge in [-0.3, -0.25) is 14.4 Å². The zero-order chi connectivity index (χ0) is 11.4. The predicted octanol–water partition coefficient (Wildman–Crippen LogP) is -1.27. The van der Waals surface area contributed by atoms with E-state index in [1.165, 1.54) is 6.92 Å². The highest BCUT2D eigenvalue weighted by molar-refractivity contribution is 6.01. The molecule has 1 N–H and O–H groups in total. The molecule has 1 heterocycles. The highest BCUT2D eigenvalue weighted by atomic mass is 16.7. The second-order valence-corrected chi connectivity index (χ2v) is 2.95. The number of carbonyl (C=O) groups excluding carboxylic acids is 4. The molecule has 1 rings (SSSR count). The first-order valence-corrected chi connectivity index (χ1v) is 4.31. The smallest absolute Gasteiger partial charge is 0.345 e. The number of nitrogens with zero attached hydrogens (tertiary/aromatic N) is 1. The van der Waals surface area contributed by atoms with Crippen molar-refractivity contribution in [2.45, 2.75) is 19.8 Å². The van der Waals surface area contributed by atoms with Crippen molar-refractivity contribution in [3.05, 3.63) is 0 Å². The Morgan fingerprint density at radius 2 is 1.87 bits per heavy atom. The number of amides is 3. The third-order valence-electron chi connectivity index (χ3n) is 1.68. The highest BCUT2D eigenvalue weighted by Crippen LogP contribution is 2.11. The number of hydroxylamine groups is 2. The summed E-state index contributed by atoms with van der Waals surface area (Å²) >= 11 is 0. The van der Waals surface area contributed by atoms with E-state index in [0.29, 0.717) is 5.06 Å². The van der Waals surface area contributed by atoms with Crippen molar-refractivity contribution in [3.8, 4) is 0 Å². The van der Waals surface area contributed by atoms with Gasteiger partial charge in [0.05, 0.1) is 0 Å². The van der Waals surface area contributed by atoms with Crippen LogP contribution in [-0.4, -0.2) is 35.3 Å². The second kappa shape index (κ2) is 4.54. The van der Waals surface area contributed by atoms with Crippen LogP contribution in [0.25, 0.3) is 0 Å². The SMILES string of the molecule is CC(=O)NCC(=O)ON1C(=O)CCC1=O. The van der Waals surface area contributed by atoms with Crippen molar-refractivity contribution >= 4 is 23.7 Å². The molecule has 0 atom stereocenters. The summed E-state index contributed by atoms with van der Waals surface area (Å²) in [7, 11) is 0. The van der Waals surface area contributed by atoms with Gasteiger partial charge in [-0.1, -0.05) is 0 Å². The minimum Gasteiger partial charge on any atom is -0.345 e. The van der Waals surface area contributed by atoms with Crippen molar-refractivity contribution in [2.24, 2.45) is 0 Å². The molecule has 0 unspecified atom stereocenters. The Bertz CT molecular complexity index is 309. The van der Waals surface area contributed by atoms with E-state index in [1.807, 2.05) is 0 Å². The van der Waals surface area contributed by atoms with Gasteiger partial charge >= 0.3 is 5.97 Å². The van der Waals surface area contributed by atoms with Crippen LogP contribution in [0, 0.1) is 0 Å². The standard InChI is InChI=1S/C8H10N2O5/c1-5(11)9-4-8(14)15-10-6(12)2-3-7(10)13/h2-4H2,1H3,(H,9,11). The van der Waals surface area contributed by atoms with Crippen molar-refractivity contribution in [1.82, 2.24) is 10.4 Å². The Kier molecular flexibility index (Phi) is 3.37. The van der Waals surface area contributed by atoms with Crippen LogP contribution < -0.4 is 5.32 Å². The molecule has 0 radical (unpaired) electrons. The third kappa shape index (κ3) is 3.04. The van der Waals surface area contributed by atoms with Crippen LogP contribution in [0.1, 0.15) is 19.8 Å². The molecule has 0 saturated carbocycles. The lowest BCUT2D eigenvalue weighted by Crippen LogP contribution is -2.37. The largest absolute Gasteiger partial charge is 0.352 e. The van der Waals surface area contributed by atoms with Gasteiger partial charge in [0.15, 0.2) is 0 Å². The molecule has 15 heavy (non-hydrogen) atoms. The summed E-state index contributed by atoms with van der Waals surface area (Å²) in [6, 6.07) is 0. The van der Waals surface area contributed by atoms with Crippen LogP contribution in [0.4, 0.5) is 0 Å². The summed E-state index contributed by atoms with van der Waals surface area (Å²) in [6.07, 6.45) is 0.0957. The zero-order valence-corrected chi connectivity index (χ0v) is 8.11. The quantitative estimate of drug-likeness (QED) is 0.591. The van der Waals surface area contributed by atoms with Gasteiger partial charge in [0.25, 0.3) is 11.8 Å². The van der Waals surface area contributed by atoms with Gasteiger partial charge in [0, 0.05) is 19.8 Å². The fraction of sp³-hybridized carbons (Fsp3) is 0.500. The van der Waals surface area contributed by atoms with E-state index in [1.54, 1.807) is 0 Å². The molecule has 0 spiro atoms. The van der Waals surface area contributed by atoms with Gasteiger partial charge in [-0.2, -0.15) is 0 Å². The Balaban J connectivity index is 2.40. The number of imide groups is 1. The monoisotopic (exact) mass is 214 g/mol. The van der Waals surface area contributed by atoms with Crippen molar-refractivity contribution in [3.63, 3.8) is 0 Å². The molecule has 3 amide bonds. The molecule has 1 aliphatic heterocycles. The number of hydrogen-bond donors (Lipinski definition) is 1. The molecule has 7 heteroatoms. The maximum Gasteiger partial charge on any atom is 0.352 e. The zero-order valence-electron chi connectivity index (χ0n) is 8.11. The van der Waals surface area contributed by atoms with E-state index in [2.05, 4.69) is 10.2 Å². The Hall–Kier alpha value is -1.92. The van der Waals surface area contributed by atoms with E-state index in [9.17, 15) is 19.2 Å². The summed E-state index contributed by atoms with van der Waals surface area (Å²) in [6.45, 7) is 0.867. The average molecular weight is 214 g/mol. The Morgan fingerprint density at radius 1 is 1.33 bits per heavy atom. The molecule has 0 aliphatic carbocycles. The molecule has 0 aromatic heterocycles. The number of rotatable bonds is 3. The first-order valence-electron chi connectivity index (χ1n) is 4.31. The fourth-order valence-electron chi connectivity index (χ4n) is 0.989. The molecule has 1 fully saturated rings. The van der Waals surface area contributed by atoms with Crippen LogP contribution in [-0.2, 0) is 24.0 Å². The van der Waals surface area contributed by atoms with E-state index in [-0.39, 0.29) is 19.4 Å². The summed E-state index contributed by atoms with van der Waals surface area (Å²) in [5.74, 6) is -2.34. The fourth-order valence-corrected chi connectivity index (χ4v) is 0.989. The molecule has 0 aromatic carbocycles. The van der Waals surface area contributed by atoms with Gasteiger partial charge < -0.3 is 10.2 Å². The van der Waals surface area contributed by atoms with E-state index < -0.39 is 23.7 Å². The number of carbonyl (C=O) groups is 4. The van der Waals surface area contributed by atoms with Crippen LogP contribution in [0.3, 0.4) is 0 Å². The lowest BCUT2D eigenvalue weighted by Gasteiger charge is -2.12. The lowest BCUT2D eigenvalue weighted by atomic mass is 10.4. The van der Waals surface area contributed by atoms with Crippen LogP contribution in [0.5, 0.6) is 0 Å². The van der Waals surface area contributed by atoms with Gasteiger partial charge in [-0.05, 0) is 0 Å². The average Bonchev–Trinajstić information content (AvgIpc) is 2.46. The normalized spacial score (nSPS) is 15.4. The maximum atomic E-state index is 11.0. The van der Waals surface area contributed by atoms with Crippen LogP contribution in [0.15, 0.2) is 0 Å². The minimum absolute atomic E-state index is 0.0479. The van der Waals surface area contributed by atoms with Gasteiger partial charge in [-0.25, -0.2) is 4.79 Å². The molecule has 0 aromatic rings. The van der Waals surface area contributed by atoms with Gasteiger partial charge in [0.1, 0.15) is 6.54 Å². The highest BCUT2D eigenvalue weighted by Gasteiger charge is 2.32. The van der Waals surface area contributed by atoms with E-state index in [0.717, 1.165) is 0 Å². The van der Waals surface area contributed by atoms with E-state index >= 15 is 0 Å². The molecule has 82 valence electrons. The number of hydrogen-bond acceptors (Lipinski definition) is 5. The first kappa shape index (κ1) is 11.2.